The topological polar surface area (TPSA) is 65.1 Å². The molecule has 5 unspecified atom stereocenters. The average Bonchev–Trinajstić information content (AvgIpc) is 3.52. The number of unbranched alkanes of at least 4 members (excludes halogenated alkanes) is 2. The Morgan fingerprint density at radius 1 is 0.980 bits per heavy atom. The Balaban J connectivity index is 1.20. The van der Waals surface area contributed by atoms with Crippen LogP contribution in [0, 0.1) is 52.8 Å². The van der Waals surface area contributed by atoms with Crippen molar-refractivity contribution >= 4 is 11.9 Å². The molecule has 292 valence electrons. The lowest BCUT2D eigenvalue weighted by Crippen LogP contribution is -2.50. The van der Waals surface area contributed by atoms with Gasteiger partial charge >= 0.3 is 11.9 Å². The van der Waals surface area contributed by atoms with Gasteiger partial charge in [0.25, 0.3) is 0 Å². The van der Waals surface area contributed by atoms with Gasteiger partial charge in [-0.2, -0.15) is 0 Å². The van der Waals surface area contributed by atoms with Crippen LogP contribution in [0.3, 0.4) is 0 Å². The number of nitrogens with zero attached hydrogens (tertiary/aromatic N) is 1. The molecule has 0 aliphatic heterocycles. The number of fused-ring (bicyclic) bond motifs is 5. The van der Waals surface area contributed by atoms with Crippen LogP contribution in [-0.4, -0.2) is 62.9 Å². The van der Waals surface area contributed by atoms with E-state index >= 15 is 0 Å². The van der Waals surface area contributed by atoms with Crippen LogP contribution in [0.5, 0.6) is 0 Å². The number of hydrogen-bond acceptors (Lipinski definition) is 6. The first-order chi connectivity index (χ1) is 24.4. The molecule has 0 bridgehead atoms. The second-order valence-electron chi connectivity index (χ2n) is 18.3. The van der Waals surface area contributed by atoms with E-state index in [1.54, 1.807) is 5.57 Å². The fourth-order valence-corrected chi connectivity index (χ4v) is 11.0. The quantitative estimate of drug-likeness (QED) is 0.0671. The van der Waals surface area contributed by atoms with E-state index in [-0.39, 0.29) is 24.6 Å². The van der Waals surface area contributed by atoms with Gasteiger partial charge in [-0.05, 0) is 144 Å². The molecule has 3 fully saturated rings. The van der Waals surface area contributed by atoms with Gasteiger partial charge in [-0.25, -0.2) is 0 Å². The standard InChI is InChI=1S/C45H77NO5/c1-32(2)16-14-17-33(3)39-23-24-41-40-22-21-36-31-38(25-26-45(36,6)42(40)30-34(4)44(39)41)50-29-12-9-10-18-37(19-11-13-28-49-35(5)47)51-43(48)20-15-27-46(7)8/h11,13,21,32-34,37-42,44H,9-10,12,14-20,22-31H2,1-8H3/b13-11+/t33-,34-,37?,38+,39-,40?,41?,42?,44?,45+/m1/s1. The molecule has 6 nitrogen and oxygen atoms in total. The maximum Gasteiger partial charge on any atom is 0.306 e. The third-order valence-electron chi connectivity index (χ3n) is 13.7. The van der Waals surface area contributed by atoms with E-state index in [1.807, 2.05) is 26.2 Å². The predicted octanol–water partition coefficient (Wildman–Crippen LogP) is 10.6. The molecular formula is C45H77NO5. The smallest absolute Gasteiger partial charge is 0.306 e. The molecule has 0 aromatic carbocycles. The zero-order valence-corrected chi connectivity index (χ0v) is 34.1. The maximum absolute atomic E-state index is 12.5. The molecule has 51 heavy (non-hydrogen) atoms. The van der Waals surface area contributed by atoms with E-state index in [4.69, 9.17) is 14.2 Å². The lowest BCUT2D eigenvalue weighted by Gasteiger charge is -2.57. The Kier molecular flexibility index (Phi) is 17.1. The normalized spacial score (nSPS) is 31.6. The minimum Gasteiger partial charge on any atom is -0.462 e. The molecule has 3 saturated carbocycles. The highest BCUT2D eigenvalue weighted by atomic mass is 16.5. The van der Waals surface area contributed by atoms with Crippen LogP contribution in [0.2, 0.25) is 0 Å². The van der Waals surface area contributed by atoms with Crippen LogP contribution < -0.4 is 0 Å². The van der Waals surface area contributed by atoms with E-state index in [9.17, 15) is 9.59 Å². The van der Waals surface area contributed by atoms with Gasteiger partial charge in [0, 0.05) is 26.4 Å². The molecule has 0 aromatic heterocycles. The number of esters is 2. The summed E-state index contributed by atoms with van der Waals surface area (Å²) < 4.78 is 17.4. The molecular weight excluding hydrogens is 634 g/mol. The average molecular weight is 712 g/mol. The first-order valence-corrected chi connectivity index (χ1v) is 21.3. The van der Waals surface area contributed by atoms with Crippen molar-refractivity contribution in [3.05, 3.63) is 23.8 Å². The van der Waals surface area contributed by atoms with Gasteiger partial charge in [0.15, 0.2) is 0 Å². The van der Waals surface area contributed by atoms with Gasteiger partial charge in [-0.3, -0.25) is 9.59 Å². The summed E-state index contributed by atoms with van der Waals surface area (Å²) in [5.41, 5.74) is 2.09. The minimum atomic E-state index is -0.288. The van der Waals surface area contributed by atoms with Crippen molar-refractivity contribution in [1.82, 2.24) is 4.90 Å². The minimum absolute atomic E-state index is 0.122. The van der Waals surface area contributed by atoms with Crippen molar-refractivity contribution in [2.75, 3.05) is 33.9 Å². The molecule has 0 saturated heterocycles. The first-order valence-electron chi connectivity index (χ1n) is 21.3. The summed E-state index contributed by atoms with van der Waals surface area (Å²) in [5.74, 6) is 6.79. The van der Waals surface area contributed by atoms with Crippen LogP contribution >= 0.6 is 0 Å². The lowest BCUT2D eigenvalue weighted by molar-refractivity contribution is -0.149. The zero-order chi connectivity index (χ0) is 37.0. The maximum atomic E-state index is 12.5. The second kappa shape index (κ2) is 20.7. The summed E-state index contributed by atoms with van der Waals surface area (Å²) in [6.07, 6.45) is 26.1. The number of ether oxygens (including phenoxy) is 3. The number of rotatable bonds is 21. The van der Waals surface area contributed by atoms with E-state index in [0.717, 1.165) is 99.0 Å². The van der Waals surface area contributed by atoms with Crippen molar-refractivity contribution in [1.29, 1.82) is 0 Å². The summed E-state index contributed by atoms with van der Waals surface area (Å²) in [7, 11) is 4.04. The zero-order valence-electron chi connectivity index (χ0n) is 34.1. The molecule has 4 aliphatic rings. The molecule has 0 amide bonds. The molecule has 4 rings (SSSR count). The molecule has 0 spiro atoms. The summed E-state index contributed by atoms with van der Waals surface area (Å²) in [5, 5.41) is 0. The first kappa shape index (κ1) is 42.1. The van der Waals surface area contributed by atoms with E-state index < -0.39 is 0 Å². The highest BCUT2D eigenvalue weighted by Crippen LogP contribution is 2.64. The molecule has 0 radical (unpaired) electrons. The lowest BCUT2D eigenvalue weighted by atomic mass is 9.48. The SMILES string of the molecule is CC(=O)OC/C=C/CC(CCCCCO[C@H]1CC[C@@]2(C)C(=CCC3C4CC[C@H]([C@H](C)CCCC(C)C)C4[C@H](C)CC32)C1)OC(=O)CCCN(C)C. The van der Waals surface area contributed by atoms with Crippen LogP contribution in [0.1, 0.15) is 151 Å². The van der Waals surface area contributed by atoms with Crippen molar-refractivity contribution in [3.8, 4) is 0 Å². The van der Waals surface area contributed by atoms with Gasteiger partial charge in [0.1, 0.15) is 12.7 Å². The van der Waals surface area contributed by atoms with Crippen LogP contribution in [0.4, 0.5) is 0 Å². The van der Waals surface area contributed by atoms with E-state index in [1.165, 1.54) is 64.7 Å². The Hall–Kier alpha value is -1.66. The molecule has 0 N–H and O–H groups in total. The molecule has 6 heteroatoms. The van der Waals surface area contributed by atoms with Gasteiger partial charge in [0.05, 0.1) is 6.10 Å². The molecule has 10 atom stereocenters. The summed E-state index contributed by atoms with van der Waals surface area (Å²) in [4.78, 5) is 25.7. The summed E-state index contributed by atoms with van der Waals surface area (Å²) in [6, 6.07) is 0. The predicted molar refractivity (Wildman–Crippen MR) is 209 cm³/mol. The third-order valence-corrected chi connectivity index (χ3v) is 13.7. The van der Waals surface area contributed by atoms with E-state index in [0.29, 0.717) is 24.4 Å². The Bertz CT molecular complexity index is 1130. The fourth-order valence-electron chi connectivity index (χ4n) is 11.0. The van der Waals surface area contributed by atoms with E-state index in [2.05, 4.69) is 45.6 Å². The summed E-state index contributed by atoms with van der Waals surface area (Å²) >= 11 is 0. The van der Waals surface area contributed by atoms with Crippen LogP contribution in [0.25, 0.3) is 0 Å². The highest BCUT2D eigenvalue weighted by molar-refractivity contribution is 5.69. The number of carbonyl (C=O) groups excluding carboxylic acids is 2. The monoisotopic (exact) mass is 712 g/mol. The van der Waals surface area contributed by atoms with Crippen molar-refractivity contribution in [2.45, 2.75) is 163 Å². The third kappa shape index (κ3) is 12.4. The van der Waals surface area contributed by atoms with Gasteiger partial charge < -0.3 is 19.1 Å². The number of carbonyl (C=O) groups is 2. The molecule has 0 aromatic rings. The summed E-state index contributed by atoms with van der Waals surface area (Å²) in [6.45, 7) is 16.0. The highest BCUT2D eigenvalue weighted by Gasteiger charge is 2.56. The van der Waals surface area contributed by atoms with Crippen molar-refractivity contribution in [2.24, 2.45) is 52.8 Å². The van der Waals surface area contributed by atoms with Crippen LogP contribution in [-0.2, 0) is 23.8 Å². The van der Waals surface area contributed by atoms with Crippen molar-refractivity contribution < 1.29 is 23.8 Å². The Morgan fingerprint density at radius 2 is 1.78 bits per heavy atom. The van der Waals surface area contributed by atoms with Crippen LogP contribution in [0.15, 0.2) is 23.8 Å². The molecule has 4 aliphatic carbocycles. The largest absolute Gasteiger partial charge is 0.462 e. The van der Waals surface area contributed by atoms with Crippen molar-refractivity contribution in [3.63, 3.8) is 0 Å². The Labute approximate surface area is 313 Å². The van der Waals surface area contributed by atoms with Gasteiger partial charge in [0.2, 0.25) is 0 Å². The number of hydrogen-bond donors (Lipinski definition) is 0. The second-order valence-corrected chi connectivity index (χ2v) is 18.3. The van der Waals surface area contributed by atoms with Gasteiger partial charge in [-0.15, -0.1) is 0 Å². The van der Waals surface area contributed by atoms with Gasteiger partial charge in [-0.1, -0.05) is 84.1 Å². The number of allylic oxidation sites excluding steroid dienone is 1. The fraction of sp³-hybridized carbons (Fsp3) is 0.867. The molecule has 0 heterocycles. The Morgan fingerprint density at radius 3 is 2.53 bits per heavy atom.